The summed E-state index contributed by atoms with van der Waals surface area (Å²) < 4.78 is 0. The molecule has 1 aromatic rings. The first-order chi connectivity index (χ1) is 5.77. The molecule has 0 saturated carbocycles. The SMILES string of the molecule is Cc1cccc2c1NCC(N)C2. The number of hydrogen-bond donors (Lipinski definition) is 2. The predicted molar refractivity (Wildman–Crippen MR) is 51.3 cm³/mol. The zero-order valence-electron chi connectivity index (χ0n) is 7.30. The first-order valence-corrected chi connectivity index (χ1v) is 4.35. The predicted octanol–water partition coefficient (Wildman–Crippen LogP) is 1.29. The van der Waals surface area contributed by atoms with E-state index in [0.717, 1.165) is 13.0 Å². The summed E-state index contributed by atoms with van der Waals surface area (Å²) in [5, 5.41) is 3.36. The zero-order chi connectivity index (χ0) is 8.55. The molecule has 12 heavy (non-hydrogen) atoms. The van der Waals surface area contributed by atoms with Gasteiger partial charge in [0.25, 0.3) is 0 Å². The second-order valence-corrected chi connectivity index (χ2v) is 3.45. The lowest BCUT2D eigenvalue weighted by Gasteiger charge is -2.24. The van der Waals surface area contributed by atoms with Gasteiger partial charge in [0, 0.05) is 18.3 Å². The Morgan fingerprint density at radius 2 is 2.33 bits per heavy atom. The Kier molecular flexibility index (Phi) is 1.77. The molecule has 1 aliphatic rings. The summed E-state index contributed by atoms with van der Waals surface area (Å²) in [5.74, 6) is 0. The average Bonchev–Trinajstić information content (AvgIpc) is 2.04. The van der Waals surface area contributed by atoms with Crippen molar-refractivity contribution in [3.05, 3.63) is 29.3 Å². The smallest absolute Gasteiger partial charge is 0.0403 e. The molecule has 0 radical (unpaired) electrons. The summed E-state index contributed by atoms with van der Waals surface area (Å²) in [7, 11) is 0. The highest BCUT2D eigenvalue weighted by molar-refractivity contribution is 5.59. The van der Waals surface area contributed by atoms with E-state index in [0.29, 0.717) is 0 Å². The van der Waals surface area contributed by atoms with E-state index in [2.05, 4.69) is 30.4 Å². The van der Waals surface area contributed by atoms with Crippen molar-refractivity contribution < 1.29 is 0 Å². The molecule has 1 aromatic carbocycles. The largest absolute Gasteiger partial charge is 0.383 e. The number of hydrogen-bond acceptors (Lipinski definition) is 2. The molecule has 1 unspecified atom stereocenters. The molecule has 0 saturated heterocycles. The van der Waals surface area contributed by atoms with Gasteiger partial charge in [-0.05, 0) is 24.5 Å². The van der Waals surface area contributed by atoms with Crippen molar-refractivity contribution in [2.75, 3.05) is 11.9 Å². The summed E-state index contributed by atoms with van der Waals surface area (Å²) >= 11 is 0. The Morgan fingerprint density at radius 1 is 1.50 bits per heavy atom. The monoisotopic (exact) mass is 162 g/mol. The fourth-order valence-electron chi connectivity index (χ4n) is 1.74. The van der Waals surface area contributed by atoms with Crippen LogP contribution in [-0.4, -0.2) is 12.6 Å². The number of aryl methyl sites for hydroxylation is 1. The maximum absolute atomic E-state index is 5.84. The van der Waals surface area contributed by atoms with Gasteiger partial charge >= 0.3 is 0 Å². The van der Waals surface area contributed by atoms with Crippen LogP contribution >= 0.6 is 0 Å². The molecule has 1 heterocycles. The Labute approximate surface area is 72.8 Å². The third kappa shape index (κ3) is 1.18. The van der Waals surface area contributed by atoms with Crippen molar-refractivity contribution in [1.29, 1.82) is 0 Å². The third-order valence-electron chi connectivity index (χ3n) is 2.38. The minimum atomic E-state index is 0.277. The molecule has 0 aliphatic carbocycles. The summed E-state index contributed by atoms with van der Waals surface area (Å²) in [5.41, 5.74) is 9.80. The number of rotatable bonds is 0. The van der Waals surface area contributed by atoms with Crippen LogP contribution in [0.3, 0.4) is 0 Å². The second-order valence-electron chi connectivity index (χ2n) is 3.45. The molecular formula is C10H14N2. The van der Waals surface area contributed by atoms with Crippen LogP contribution in [0, 0.1) is 6.92 Å². The fraction of sp³-hybridized carbons (Fsp3) is 0.400. The van der Waals surface area contributed by atoms with Crippen molar-refractivity contribution in [2.24, 2.45) is 5.73 Å². The highest BCUT2D eigenvalue weighted by Crippen LogP contribution is 2.24. The van der Waals surface area contributed by atoms with Gasteiger partial charge in [-0.1, -0.05) is 18.2 Å². The Hall–Kier alpha value is -1.02. The number of anilines is 1. The first kappa shape index (κ1) is 7.62. The van der Waals surface area contributed by atoms with Crippen LogP contribution in [0.5, 0.6) is 0 Å². The molecule has 0 fully saturated rings. The molecule has 0 aromatic heterocycles. The number of nitrogens with one attached hydrogen (secondary N) is 1. The summed E-state index contributed by atoms with van der Waals surface area (Å²) in [4.78, 5) is 0. The molecule has 0 spiro atoms. The van der Waals surface area contributed by atoms with Crippen LogP contribution in [-0.2, 0) is 6.42 Å². The van der Waals surface area contributed by atoms with Crippen molar-refractivity contribution in [2.45, 2.75) is 19.4 Å². The van der Waals surface area contributed by atoms with Gasteiger partial charge in [0.15, 0.2) is 0 Å². The van der Waals surface area contributed by atoms with Gasteiger partial charge in [-0.25, -0.2) is 0 Å². The topological polar surface area (TPSA) is 38.0 Å². The molecule has 64 valence electrons. The number of para-hydroxylation sites is 1. The van der Waals surface area contributed by atoms with E-state index >= 15 is 0 Å². The minimum Gasteiger partial charge on any atom is -0.383 e. The van der Waals surface area contributed by atoms with Crippen molar-refractivity contribution in [1.82, 2.24) is 0 Å². The highest BCUT2D eigenvalue weighted by Gasteiger charge is 2.15. The van der Waals surface area contributed by atoms with E-state index in [1.807, 2.05) is 0 Å². The third-order valence-corrected chi connectivity index (χ3v) is 2.38. The van der Waals surface area contributed by atoms with Crippen LogP contribution in [0.2, 0.25) is 0 Å². The van der Waals surface area contributed by atoms with Crippen LogP contribution in [0.1, 0.15) is 11.1 Å². The van der Waals surface area contributed by atoms with Gasteiger partial charge in [-0.2, -0.15) is 0 Å². The van der Waals surface area contributed by atoms with Gasteiger partial charge < -0.3 is 11.1 Å². The summed E-state index contributed by atoms with van der Waals surface area (Å²) in [6, 6.07) is 6.64. The van der Waals surface area contributed by atoms with E-state index in [-0.39, 0.29) is 6.04 Å². The van der Waals surface area contributed by atoms with Crippen LogP contribution in [0.25, 0.3) is 0 Å². The van der Waals surface area contributed by atoms with E-state index in [1.165, 1.54) is 16.8 Å². The van der Waals surface area contributed by atoms with Gasteiger partial charge in [0.1, 0.15) is 0 Å². The summed E-state index contributed by atoms with van der Waals surface area (Å²) in [6.45, 7) is 3.03. The Balaban J connectivity index is 2.42. The molecule has 0 bridgehead atoms. The number of benzene rings is 1. The molecule has 1 aliphatic heterocycles. The lowest BCUT2D eigenvalue weighted by molar-refractivity contribution is 0.678. The molecule has 1 atom stereocenters. The molecule has 2 nitrogen and oxygen atoms in total. The molecule has 0 amide bonds. The van der Waals surface area contributed by atoms with Crippen LogP contribution in [0.15, 0.2) is 18.2 Å². The van der Waals surface area contributed by atoms with Crippen LogP contribution in [0.4, 0.5) is 5.69 Å². The zero-order valence-corrected chi connectivity index (χ0v) is 7.30. The number of nitrogens with two attached hydrogens (primary N) is 1. The normalized spacial score (nSPS) is 21.3. The van der Waals surface area contributed by atoms with Crippen molar-refractivity contribution >= 4 is 5.69 Å². The molecular weight excluding hydrogens is 148 g/mol. The quantitative estimate of drug-likeness (QED) is 0.603. The fourth-order valence-corrected chi connectivity index (χ4v) is 1.74. The van der Waals surface area contributed by atoms with Gasteiger partial charge in [-0.15, -0.1) is 0 Å². The van der Waals surface area contributed by atoms with Gasteiger partial charge in [-0.3, -0.25) is 0 Å². The number of fused-ring (bicyclic) bond motifs is 1. The molecule has 2 rings (SSSR count). The lowest BCUT2D eigenvalue weighted by atomic mass is 9.97. The maximum Gasteiger partial charge on any atom is 0.0403 e. The Bertz CT molecular complexity index is 294. The average molecular weight is 162 g/mol. The first-order valence-electron chi connectivity index (χ1n) is 4.35. The van der Waals surface area contributed by atoms with E-state index < -0.39 is 0 Å². The second kappa shape index (κ2) is 2.79. The van der Waals surface area contributed by atoms with E-state index in [9.17, 15) is 0 Å². The standard InChI is InChI=1S/C10H14N2/c1-7-3-2-4-8-5-9(11)6-12-10(7)8/h2-4,9,12H,5-6,11H2,1H3. The van der Waals surface area contributed by atoms with Crippen molar-refractivity contribution in [3.63, 3.8) is 0 Å². The van der Waals surface area contributed by atoms with E-state index in [1.54, 1.807) is 0 Å². The molecule has 3 N–H and O–H groups in total. The summed E-state index contributed by atoms with van der Waals surface area (Å²) in [6.07, 6.45) is 1.00. The lowest BCUT2D eigenvalue weighted by Crippen LogP contribution is -2.35. The minimum absolute atomic E-state index is 0.277. The van der Waals surface area contributed by atoms with Crippen LogP contribution < -0.4 is 11.1 Å². The van der Waals surface area contributed by atoms with E-state index in [4.69, 9.17) is 5.73 Å². The van der Waals surface area contributed by atoms with Crippen molar-refractivity contribution in [3.8, 4) is 0 Å². The van der Waals surface area contributed by atoms with Gasteiger partial charge in [0.2, 0.25) is 0 Å². The highest BCUT2D eigenvalue weighted by atomic mass is 14.9. The maximum atomic E-state index is 5.84. The molecule has 2 heteroatoms. The van der Waals surface area contributed by atoms with Gasteiger partial charge in [0.05, 0.1) is 0 Å². The Morgan fingerprint density at radius 3 is 3.17 bits per heavy atom.